The molecule has 0 aliphatic heterocycles. The molecule has 0 atom stereocenters. The molecule has 0 unspecified atom stereocenters. The van der Waals surface area contributed by atoms with Crippen molar-refractivity contribution in [2.45, 2.75) is 23.7 Å². The minimum Gasteiger partial charge on any atom is -0.263 e. The maximum atomic E-state index is 12.6. The van der Waals surface area contributed by atoms with E-state index in [0.717, 1.165) is 29.7 Å². The van der Waals surface area contributed by atoms with Gasteiger partial charge in [0, 0.05) is 11.6 Å². The number of nitrogens with zero attached hydrogens (tertiary/aromatic N) is 2. The van der Waals surface area contributed by atoms with Gasteiger partial charge in [-0.15, -0.1) is 0 Å². The lowest BCUT2D eigenvalue weighted by atomic mass is 10.1. The Balaban J connectivity index is 1.55. The van der Waals surface area contributed by atoms with Gasteiger partial charge < -0.3 is 0 Å². The van der Waals surface area contributed by atoms with Gasteiger partial charge >= 0.3 is 0 Å². The molecule has 2 aromatic carbocycles. The summed E-state index contributed by atoms with van der Waals surface area (Å²) in [6, 6.07) is 19.3. The van der Waals surface area contributed by atoms with E-state index in [0.29, 0.717) is 17.4 Å². The molecule has 1 aliphatic carbocycles. The third-order valence-electron chi connectivity index (χ3n) is 4.50. The van der Waals surface area contributed by atoms with Crippen LogP contribution in [0.5, 0.6) is 0 Å². The molecule has 3 aromatic rings. The molecule has 1 N–H and O–H groups in total. The standard InChI is InChI=1S/C21H17N3O2S/c1-22-18-11-7-15(8-12-18)16-9-13-19(14-10-16)27(25,26)24-21-4-2-3-20(23-21)17-5-6-17/h2-4,7-14,17H,5-6H2,(H,23,24). The van der Waals surface area contributed by atoms with Crippen LogP contribution in [0.25, 0.3) is 16.0 Å². The zero-order valence-electron chi connectivity index (χ0n) is 14.5. The number of benzene rings is 2. The van der Waals surface area contributed by atoms with Crippen molar-refractivity contribution in [1.82, 2.24) is 4.98 Å². The van der Waals surface area contributed by atoms with Crippen LogP contribution in [-0.4, -0.2) is 13.4 Å². The van der Waals surface area contributed by atoms with Crippen LogP contribution < -0.4 is 4.72 Å². The van der Waals surface area contributed by atoms with E-state index in [1.165, 1.54) is 0 Å². The fraction of sp³-hybridized carbons (Fsp3) is 0.143. The zero-order chi connectivity index (χ0) is 18.9. The SMILES string of the molecule is [C-]#[N+]c1ccc(-c2ccc(S(=O)(=O)Nc3cccc(C4CC4)n3)cc2)cc1. The molecule has 6 heteroatoms. The van der Waals surface area contributed by atoms with Crippen LogP contribution >= 0.6 is 0 Å². The quantitative estimate of drug-likeness (QED) is 0.640. The monoisotopic (exact) mass is 375 g/mol. The van der Waals surface area contributed by atoms with Gasteiger partial charge in [-0.1, -0.05) is 42.5 Å². The summed E-state index contributed by atoms with van der Waals surface area (Å²) >= 11 is 0. The first kappa shape index (κ1) is 17.3. The van der Waals surface area contributed by atoms with Gasteiger partial charge in [-0.05, 0) is 48.2 Å². The molecule has 5 nitrogen and oxygen atoms in total. The van der Waals surface area contributed by atoms with Gasteiger partial charge in [0.2, 0.25) is 0 Å². The fourth-order valence-corrected chi connectivity index (χ4v) is 3.87. The average Bonchev–Trinajstić information content (AvgIpc) is 3.53. The summed E-state index contributed by atoms with van der Waals surface area (Å²) in [5.74, 6) is 0.807. The van der Waals surface area contributed by atoms with E-state index < -0.39 is 10.0 Å². The smallest absolute Gasteiger partial charge is 0.263 e. The Morgan fingerprint density at radius 1 is 0.926 bits per heavy atom. The largest absolute Gasteiger partial charge is 0.263 e. The maximum absolute atomic E-state index is 12.6. The first-order valence-corrected chi connectivity index (χ1v) is 10.1. The van der Waals surface area contributed by atoms with E-state index in [4.69, 9.17) is 6.57 Å². The topological polar surface area (TPSA) is 63.4 Å². The Morgan fingerprint density at radius 3 is 2.15 bits per heavy atom. The van der Waals surface area contributed by atoms with Crippen molar-refractivity contribution in [1.29, 1.82) is 0 Å². The molecule has 0 saturated heterocycles. The lowest BCUT2D eigenvalue weighted by Crippen LogP contribution is -2.14. The van der Waals surface area contributed by atoms with Crippen LogP contribution in [0.1, 0.15) is 24.5 Å². The van der Waals surface area contributed by atoms with E-state index in [2.05, 4.69) is 14.6 Å². The predicted octanol–water partition coefficient (Wildman–Crippen LogP) is 4.98. The lowest BCUT2D eigenvalue weighted by molar-refractivity contribution is 0.601. The molecule has 1 aliphatic rings. The predicted molar refractivity (Wildman–Crippen MR) is 105 cm³/mol. The number of nitrogens with one attached hydrogen (secondary N) is 1. The van der Waals surface area contributed by atoms with Gasteiger partial charge in [-0.3, -0.25) is 4.72 Å². The second-order valence-corrected chi connectivity index (χ2v) is 8.19. The molecule has 4 rings (SSSR count). The summed E-state index contributed by atoms with van der Waals surface area (Å²) in [6.45, 7) is 6.99. The minimum absolute atomic E-state index is 0.183. The van der Waals surface area contributed by atoms with Crippen molar-refractivity contribution >= 4 is 21.5 Å². The molecule has 0 radical (unpaired) electrons. The van der Waals surface area contributed by atoms with E-state index in [1.807, 2.05) is 24.3 Å². The van der Waals surface area contributed by atoms with E-state index in [9.17, 15) is 8.42 Å². The maximum Gasteiger partial charge on any atom is 0.263 e. The van der Waals surface area contributed by atoms with Gasteiger partial charge in [0.1, 0.15) is 5.82 Å². The van der Waals surface area contributed by atoms with Crippen molar-refractivity contribution in [3.63, 3.8) is 0 Å². The number of sulfonamides is 1. The molecule has 134 valence electrons. The van der Waals surface area contributed by atoms with Gasteiger partial charge in [0.25, 0.3) is 10.0 Å². The van der Waals surface area contributed by atoms with Crippen LogP contribution in [0.15, 0.2) is 71.6 Å². The highest BCUT2D eigenvalue weighted by molar-refractivity contribution is 7.92. The summed E-state index contributed by atoms with van der Waals surface area (Å²) in [5, 5.41) is 0. The third kappa shape index (κ3) is 3.83. The lowest BCUT2D eigenvalue weighted by Gasteiger charge is -2.09. The average molecular weight is 375 g/mol. The molecule has 27 heavy (non-hydrogen) atoms. The Kier molecular flexibility index (Phi) is 4.38. The highest BCUT2D eigenvalue weighted by Gasteiger charge is 2.25. The molecule has 0 amide bonds. The van der Waals surface area contributed by atoms with Crippen LogP contribution in [0.2, 0.25) is 0 Å². The molecular weight excluding hydrogens is 358 g/mol. The molecule has 0 bridgehead atoms. The third-order valence-corrected chi connectivity index (χ3v) is 5.87. The van der Waals surface area contributed by atoms with Gasteiger partial charge in [0.05, 0.1) is 11.5 Å². The number of hydrogen-bond acceptors (Lipinski definition) is 3. The molecule has 1 aromatic heterocycles. The van der Waals surface area contributed by atoms with Crippen molar-refractivity contribution < 1.29 is 8.42 Å². The second kappa shape index (κ2) is 6.86. The van der Waals surface area contributed by atoms with E-state index >= 15 is 0 Å². The number of aromatic nitrogens is 1. The van der Waals surface area contributed by atoms with Crippen LogP contribution in [-0.2, 0) is 10.0 Å². The summed E-state index contributed by atoms with van der Waals surface area (Å²) in [4.78, 5) is 7.96. The van der Waals surface area contributed by atoms with Crippen molar-refractivity contribution in [2.75, 3.05) is 4.72 Å². The van der Waals surface area contributed by atoms with Crippen LogP contribution in [0, 0.1) is 6.57 Å². The Bertz CT molecular complexity index is 1110. The molecule has 1 saturated carbocycles. The second-order valence-electron chi connectivity index (χ2n) is 6.51. The Morgan fingerprint density at radius 2 is 1.56 bits per heavy atom. The minimum atomic E-state index is -3.70. The summed E-state index contributed by atoms with van der Waals surface area (Å²) in [5.41, 5.74) is 3.33. The molecular formula is C21H17N3O2S. The molecule has 1 heterocycles. The molecule has 1 fully saturated rings. The van der Waals surface area contributed by atoms with Gasteiger partial charge in [-0.25, -0.2) is 18.2 Å². The van der Waals surface area contributed by atoms with Crippen LogP contribution in [0.4, 0.5) is 11.5 Å². The normalized spacial score (nSPS) is 13.7. The number of hydrogen-bond donors (Lipinski definition) is 1. The zero-order valence-corrected chi connectivity index (χ0v) is 15.3. The fourth-order valence-electron chi connectivity index (χ4n) is 2.87. The number of anilines is 1. The highest BCUT2D eigenvalue weighted by atomic mass is 32.2. The number of pyridine rings is 1. The van der Waals surface area contributed by atoms with Gasteiger partial charge in [0.15, 0.2) is 5.69 Å². The number of rotatable bonds is 5. The van der Waals surface area contributed by atoms with E-state index in [-0.39, 0.29) is 4.90 Å². The van der Waals surface area contributed by atoms with Crippen molar-refractivity contribution in [2.24, 2.45) is 0 Å². The van der Waals surface area contributed by atoms with Crippen LogP contribution in [0.3, 0.4) is 0 Å². The molecule has 0 spiro atoms. The summed E-state index contributed by atoms with van der Waals surface area (Å²) < 4.78 is 27.9. The summed E-state index contributed by atoms with van der Waals surface area (Å²) in [7, 11) is -3.70. The van der Waals surface area contributed by atoms with Crippen molar-refractivity contribution in [3.8, 4) is 11.1 Å². The highest BCUT2D eigenvalue weighted by Crippen LogP contribution is 2.39. The summed E-state index contributed by atoms with van der Waals surface area (Å²) in [6.07, 6.45) is 2.23. The van der Waals surface area contributed by atoms with Crippen molar-refractivity contribution in [3.05, 3.63) is 83.8 Å². The van der Waals surface area contributed by atoms with E-state index in [1.54, 1.807) is 42.5 Å². The first-order valence-electron chi connectivity index (χ1n) is 8.63. The Hall–Kier alpha value is -3.17. The Labute approximate surface area is 158 Å². The van der Waals surface area contributed by atoms with Gasteiger partial charge in [-0.2, -0.15) is 0 Å². The first-order chi connectivity index (χ1) is 13.0.